The fourth-order valence-corrected chi connectivity index (χ4v) is 5.11. The van der Waals surface area contributed by atoms with Gasteiger partial charge in [0.15, 0.2) is 0 Å². The molecule has 3 nitrogen and oxygen atoms in total. The van der Waals surface area contributed by atoms with Crippen molar-refractivity contribution in [3.8, 4) is 11.5 Å². The second-order valence-electron chi connectivity index (χ2n) is 9.84. The minimum atomic E-state index is 0. The molecule has 0 saturated carbocycles. The van der Waals surface area contributed by atoms with Crippen molar-refractivity contribution in [2.45, 2.75) is 133 Å². The standard InChI is InChI=1S/C28H42O2S.C4H11N.Ni/c1-3-5-7-9-11-13-15-23-17-19-25(29)27(21-23)31-28-22-24(18-20-26(28)30)16-14-12-10-8-6-4-2;1-2-3-4-5;/h17-22,29-30H,3-16H2,1-2H3;2-5H2,1H3;/q;;+2/p-2. The molecule has 37 heavy (non-hydrogen) atoms. The zero-order valence-electron chi connectivity index (χ0n) is 23.6. The van der Waals surface area contributed by atoms with E-state index >= 15 is 0 Å². The summed E-state index contributed by atoms with van der Waals surface area (Å²) >= 11 is 1.34. The fraction of sp³-hybridized carbons (Fsp3) is 0.625. The van der Waals surface area contributed by atoms with Gasteiger partial charge in [-0.1, -0.05) is 139 Å². The van der Waals surface area contributed by atoms with Gasteiger partial charge in [0, 0.05) is 9.79 Å². The summed E-state index contributed by atoms with van der Waals surface area (Å²) in [6.45, 7) is 7.45. The van der Waals surface area contributed by atoms with Gasteiger partial charge in [0.2, 0.25) is 0 Å². The van der Waals surface area contributed by atoms with Gasteiger partial charge in [-0.25, -0.2) is 0 Å². The zero-order chi connectivity index (χ0) is 26.4. The van der Waals surface area contributed by atoms with Crippen LogP contribution in [0, 0.1) is 0 Å². The maximum Gasteiger partial charge on any atom is 2.00 e. The molecule has 5 heteroatoms. The normalized spacial score (nSPS) is 10.5. The fourth-order valence-electron chi connectivity index (χ4n) is 4.12. The average Bonchev–Trinajstić information content (AvgIpc) is 2.88. The summed E-state index contributed by atoms with van der Waals surface area (Å²) in [6, 6.07) is 11.2. The van der Waals surface area contributed by atoms with Crippen LogP contribution in [0.4, 0.5) is 0 Å². The summed E-state index contributed by atoms with van der Waals surface area (Å²) in [5.41, 5.74) is 7.54. The van der Waals surface area contributed by atoms with Crippen molar-refractivity contribution >= 4 is 11.8 Å². The molecule has 2 rings (SSSR count). The molecular weight excluding hydrogens is 521 g/mol. The Balaban J connectivity index is 0.00000196. The molecule has 0 radical (unpaired) electrons. The summed E-state index contributed by atoms with van der Waals surface area (Å²) in [4.78, 5) is 1.36. The predicted octanol–water partition coefficient (Wildman–Crippen LogP) is 8.53. The summed E-state index contributed by atoms with van der Waals surface area (Å²) in [7, 11) is 0. The number of rotatable bonds is 18. The summed E-state index contributed by atoms with van der Waals surface area (Å²) in [5.74, 6) is 0.0230. The number of hydrogen-bond donors (Lipinski definition) is 1. The topological polar surface area (TPSA) is 72.1 Å². The van der Waals surface area contributed by atoms with Crippen LogP contribution in [-0.2, 0) is 29.3 Å². The summed E-state index contributed by atoms with van der Waals surface area (Å²) in [6.07, 6.45) is 19.6. The largest absolute Gasteiger partial charge is 2.00 e. The molecular formula is C32H51NNiO2S. The first-order valence-corrected chi connectivity index (χ1v) is 15.3. The molecule has 0 aliphatic carbocycles. The number of hydrogen-bond acceptors (Lipinski definition) is 4. The maximum atomic E-state index is 12.4. The summed E-state index contributed by atoms with van der Waals surface area (Å²) in [5, 5.41) is 24.8. The van der Waals surface area contributed by atoms with Gasteiger partial charge in [0.05, 0.1) is 0 Å². The molecule has 0 bridgehead atoms. The van der Waals surface area contributed by atoms with E-state index in [4.69, 9.17) is 5.73 Å². The first-order valence-electron chi connectivity index (χ1n) is 14.5. The molecule has 2 aromatic rings. The van der Waals surface area contributed by atoms with Crippen molar-refractivity contribution in [2.24, 2.45) is 5.73 Å². The monoisotopic (exact) mass is 571 g/mol. The Labute approximate surface area is 242 Å². The zero-order valence-corrected chi connectivity index (χ0v) is 25.4. The molecule has 2 aromatic carbocycles. The minimum Gasteiger partial charge on any atom is -0.872 e. The van der Waals surface area contributed by atoms with E-state index in [2.05, 4.69) is 20.8 Å². The van der Waals surface area contributed by atoms with E-state index in [9.17, 15) is 10.2 Å². The van der Waals surface area contributed by atoms with Crippen LogP contribution in [0.1, 0.15) is 122 Å². The Morgan fingerprint density at radius 3 is 1.30 bits per heavy atom. The van der Waals surface area contributed by atoms with Crippen molar-refractivity contribution in [1.29, 1.82) is 0 Å². The van der Waals surface area contributed by atoms with E-state index in [0.717, 1.165) is 32.2 Å². The van der Waals surface area contributed by atoms with Crippen molar-refractivity contribution in [2.75, 3.05) is 6.54 Å². The van der Waals surface area contributed by atoms with E-state index in [1.807, 2.05) is 24.3 Å². The smallest absolute Gasteiger partial charge is 0.872 e. The van der Waals surface area contributed by atoms with Gasteiger partial charge in [-0.3, -0.25) is 0 Å². The van der Waals surface area contributed by atoms with Crippen LogP contribution >= 0.6 is 11.8 Å². The number of benzene rings is 2. The van der Waals surface area contributed by atoms with Gasteiger partial charge >= 0.3 is 16.5 Å². The third kappa shape index (κ3) is 17.1. The molecule has 2 N–H and O–H groups in total. The molecule has 0 atom stereocenters. The van der Waals surface area contributed by atoms with Gasteiger partial charge in [-0.15, -0.1) is 0 Å². The number of aryl methyl sites for hydroxylation is 2. The van der Waals surface area contributed by atoms with Crippen molar-refractivity contribution in [3.63, 3.8) is 0 Å². The third-order valence-electron chi connectivity index (χ3n) is 6.43. The van der Waals surface area contributed by atoms with Gasteiger partial charge < -0.3 is 15.9 Å². The Morgan fingerprint density at radius 1 is 0.568 bits per heavy atom. The molecule has 212 valence electrons. The van der Waals surface area contributed by atoms with E-state index < -0.39 is 0 Å². The predicted molar refractivity (Wildman–Crippen MR) is 154 cm³/mol. The Hall–Kier alpha value is -1.16. The van der Waals surface area contributed by atoms with E-state index in [1.54, 1.807) is 12.1 Å². The van der Waals surface area contributed by atoms with E-state index in [-0.39, 0.29) is 28.0 Å². The SMILES string of the molecule is CCCCCCCCc1ccc([O-])c(Sc2cc(CCCCCCCC)ccc2[O-])c1.CCCCN.[Ni+2]. The molecule has 0 aliphatic rings. The van der Waals surface area contributed by atoms with Crippen LogP contribution < -0.4 is 15.9 Å². The van der Waals surface area contributed by atoms with Crippen LogP contribution in [0.15, 0.2) is 46.2 Å². The second-order valence-corrected chi connectivity index (χ2v) is 10.9. The molecule has 0 spiro atoms. The number of unbranched alkanes of at least 4 members (excludes halogenated alkanes) is 11. The Bertz CT molecular complexity index is 750. The molecule has 0 heterocycles. The van der Waals surface area contributed by atoms with Crippen molar-refractivity contribution in [1.82, 2.24) is 0 Å². The minimum absolute atomic E-state index is 0. The van der Waals surface area contributed by atoms with E-state index in [0.29, 0.717) is 9.79 Å². The Kier molecular flexibility index (Phi) is 23.2. The number of nitrogens with two attached hydrogens (primary N) is 1. The first-order chi connectivity index (χ1) is 17.5. The van der Waals surface area contributed by atoms with Gasteiger partial charge in [-0.05, 0) is 61.9 Å². The molecule has 0 amide bonds. The maximum absolute atomic E-state index is 12.4. The van der Waals surface area contributed by atoms with Gasteiger partial charge in [-0.2, -0.15) is 0 Å². The first kappa shape index (κ1) is 35.8. The van der Waals surface area contributed by atoms with E-state index in [1.165, 1.54) is 99.9 Å². The molecule has 0 saturated heterocycles. The van der Waals surface area contributed by atoms with Gasteiger partial charge in [0.25, 0.3) is 0 Å². The van der Waals surface area contributed by atoms with Crippen LogP contribution in [0.5, 0.6) is 11.5 Å². The molecule has 0 aliphatic heterocycles. The van der Waals surface area contributed by atoms with Crippen LogP contribution in [0.2, 0.25) is 0 Å². The summed E-state index contributed by atoms with van der Waals surface area (Å²) < 4.78 is 0. The average molecular weight is 573 g/mol. The molecule has 0 aromatic heterocycles. The van der Waals surface area contributed by atoms with Crippen LogP contribution in [-0.4, -0.2) is 6.54 Å². The second kappa shape index (κ2) is 23.9. The van der Waals surface area contributed by atoms with Crippen LogP contribution in [0.25, 0.3) is 0 Å². The van der Waals surface area contributed by atoms with Crippen LogP contribution in [0.3, 0.4) is 0 Å². The van der Waals surface area contributed by atoms with Crippen molar-refractivity contribution in [3.05, 3.63) is 47.5 Å². The molecule has 0 unspecified atom stereocenters. The Morgan fingerprint density at radius 2 is 0.946 bits per heavy atom. The third-order valence-corrected chi connectivity index (χ3v) is 7.51. The van der Waals surface area contributed by atoms with Crippen molar-refractivity contribution < 1.29 is 26.7 Å². The molecule has 0 fully saturated rings. The quantitative estimate of drug-likeness (QED) is 0.144. The van der Waals surface area contributed by atoms with Gasteiger partial charge in [0.1, 0.15) is 0 Å².